The van der Waals surface area contributed by atoms with E-state index in [0.29, 0.717) is 0 Å². The lowest BCUT2D eigenvalue weighted by molar-refractivity contribution is -0.295. The minimum atomic E-state index is -1.59. The van der Waals surface area contributed by atoms with Gasteiger partial charge in [0.25, 0.3) is 0 Å². The zero-order chi connectivity index (χ0) is 10.2. The summed E-state index contributed by atoms with van der Waals surface area (Å²) < 4.78 is 4.69. The summed E-state index contributed by atoms with van der Waals surface area (Å²) in [6, 6.07) is 0. The fraction of sp³-hybridized carbons (Fsp3) is 1.00. The molecule has 1 heterocycles. The molecule has 0 spiro atoms. The molecule has 5 N–H and O–H groups in total. The predicted molar refractivity (Wildman–Crippen MR) is 40.6 cm³/mol. The van der Waals surface area contributed by atoms with Gasteiger partial charge >= 0.3 is 0 Å². The molecule has 1 unspecified atom stereocenters. The summed E-state index contributed by atoms with van der Waals surface area (Å²) in [5.74, 6) is 0. The van der Waals surface area contributed by atoms with E-state index >= 15 is 0 Å². The van der Waals surface area contributed by atoms with Crippen molar-refractivity contribution in [3.8, 4) is 0 Å². The van der Waals surface area contributed by atoms with Gasteiger partial charge in [0, 0.05) is 0 Å². The first-order chi connectivity index (χ1) is 5.95. The van der Waals surface area contributed by atoms with Crippen molar-refractivity contribution in [2.45, 2.75) is 43.7 Å². The van der Waals surface area contributed by atoms with E-state index in [-0.39, 0.29) is 0 Å². The molecule has 6 atom stereocenters. The van der Waals surface area contributed by atoms with Crippen molar-refractivity contribution < 1.29 is 30.3 Å². The molecule has 0 aromatic carbocycles. The molecule has 1 aliphatic heterocycles. The first kappa shape index (κ1) is 10.8. The Balaban J connectivity index is 2.70. The molecule has 6 heteroatoms. The number of hydrogen-bond acceptors (Lipinski definition) is 6. The summed E-state index contributed by atoms with van der Waals surface area (Å²) >= 11 is 0. The molecule has 1 rings (SSSR count). The van der Waals surface area contributed by atoms with Crippen molar-refractivity contribution in [1.29, 1.82) is 0 Å². The Hall–Kier alpha value is -0.240. The van der Waals surface area contributed by atoms with E-state index in [4.69, 9.17) is 15.3 Å². The smallest absolute Gasteiger partial charge is 0.184 e. The summed E-state index contributed by atoms with van der Waals surface area (Å²) in [4.78, 5) is 0. The molecule has 0 aromatic heterocycles. The molecule has 0 aliphatic carbocycles. The van der Waals surface area contributed by atoms with Gasteiger partial charge in [-0.05, 0) is 6.92 Å². The van der Waals surface area contributed by atoms with Crippen LogP contribution >= 0.6 is 0 Å². The number of hydrogen-bond donors (Lipinski definition) is 5. The highest BCUT2D eigenvalue weighted by Crippen LogP contribution is 2.21. The van der Waals surface area contributed by atoms with E-state index in [2.05, 4.69) is 4.74 Å². The van der Waals surface area contributed by atoms with Crippen molar-refractivity contribution >= 4 is 0 Å². The molecule has 0 amide bonds. The van der Waals surface area contributed by atoms with E-state index < -0.39 is 36.8 Å². The van der Waals surface area contributed by atoms with E-state index in [1.807, 2.05) is 0 Å². The molecule has 6 nitrogen and oxygen atoms in total. The van der Waals surface area contributed by atoms with Crippen LogP contribution in [-0.2, 0) is 4.74 Å². The molecular formula is C7H14O6. The minimum absolute atomic E-state index is 1.04. The zero-order valence-corrected chi connectivity index (χ0v) is 7.11. The first-order valence-corrected chi connectivity index (χ1v) is 4.01. The fourth-order valence-corrected chi connectivity index (χ4v) is 1.29. The third-order valence-corrected chi connectivity index (χ3v) is 2.10. The second-order valence-electron chi connectivity index (χ2n) is 3.20. The Morgan fingerprint density at radius 3 is 2.00 bits per heavy atom. The summed E-state index contributed by atoms with van der Waals surface area (Å²) in [5.41, 5.74) is 0. The van der Waals surface area contributed by atoms with E-state index in [9.17, 15) is 10.2 Å². The molecule has 0 bridgehead atoms. The van der Waals surface area contributed by atoms with E-state index in [1.165, 1.54) is 6.92 Å². The van der Waals surface area contributed by atoms with Gasteiger partial charge in [0.15, 0.2) is 6.29 Å². The van der Waals surface area contributed by atoms with Crippen LogP contribution in [0.1, 0.15) is 6.92 Å². The summed E-state index contributed by atoms with van der Waals surface area (Å²) in [6.07, 6.45) is -8.18. The molecule has 13 heavy (non-hydrogen) atoms. The Morgan fingerprint density at radius 1 is 1.00 bits per heavy atom. The molecule has 1 saturated heterocycles. The molecule has 1 aliphatic rings. The Bertz CT molecular complexity index is 172. The Morgan fingerprint density at radius 2 is 1.54 bits per heavy atom. The second-order valence-corrected chi connectivity index (χ2v) is 3.20. The van der Waals surface area contributed by atoms with Crippen molar-refractivity contribution in [2.24, 2.45) is 0 Å². The maximum atomic E-state index is 9.29. The van der Waals surface area contributed by atoms with Crippen molar-refractivity contribution in [3.05, 3.63) is 0 Å². The minimum Gasteiger partial charge on any atom is -0.391 e. The number of aliphatic hydroxyl groups excluding tert-OH is 5. The van der Waals surface area contributed by atoms with Gasteiger partial charge < -0.3 is 30.3 Å². The highest BCUT2D eigenvalue weighted by Gasteiger charge is 2.44. The molecular weight excluding hydrogens is 180 g/mol. The highest BCUT2D eigenvalue weighted by molar-refractivity contribution is 4.90. The molecule has 0 saturated carbocycles. The third kappa shape index (κ3) is 1.98. The molecule has 78 valence electrons. The van der Waals surface area contributed by atoms with Crippen molar-refractivity contribution in [2.75, 3.05) is 0 Å². The summed E-state index contributed by atoms with van der Waals surface area (Å²) in [7, 11) is 0. The quantitative estimate of drug-likeness (QED) is 0.308. The highest BCUT2D eigenvalue weighted by atomic mass is 16.6. The van der Waals surface area contributed by atoms with Gasteiger partial charge in [-0.15, -0.1) is 0 Å². The zero-order valence-electron chi connectivity index (χ0n) is 7.11. The number of rotatable bonds is 1. The number of aliphatic hydroxyl groups is 5. The predicted octanol–water partition coefficient (Wildman–Crippen LogP) is -2.83. The second kappa shape index (κ2) is 3.87. The van der Waals surface area contributed by atoms with Crippen LogP contribution in [0, 0.1) is 0 Å². The lowest BCUT2D eigenvalue weighted by Crippen LogP contribution is -2.60. The molecule has 0 aromatic rings. The van der Waals surface area contributed by atoms with E-state index in [1.54, 1.807) is 0 Å². The van der Waals surface area contributed by atoms with Gasteiger partial charge in [0.05, 0.1) is 6.10 Å². The Kier molecular flexibility index (Phi) is 3.23. The van der Waals surface area contributed by atoms with Crippen molar-refractivity contribution in [3.63, 3.8) is 0 Å². The van der Waals surface area contributed by atoms with Gasteiger partial charge in [-0.3, -0.25) is 0 Å². The number of ether oxygens (including phenoxy) is 1. The lowest BCUT2D eigenvalue weighted by atomic mass is 9.96. The van der Waals surface area contributed by atoms with Gasteiger partial charge in [0.1, 0.15) is 24.4 Å². The first-order valence-electron chi connectivity index (χ1n) is 4.01. The third-order valence-electron chi connectivity index (χ3n) is 2.10. The van der Waals surface area contributed by atoms with Crippen LogP contribution < -0.4 is 0 Å². The van der Waals surface area contributed by atoms with Crippen LogP contribution in [0.4, 0.5) is 0 Å². The lowest BCUT2D eigenvalue weighted by Gasteiger charge is -2.39. The van der Waals surface area contributed by atoms with Crippen molar-refractivity contribution in [1.82, 2.24) is 0 Å². The monoisotopic (exact) mass is 194 g/mol. The average molecular weight is 194 g/mol. The van der Waals surface area contributed by atoms with Crippen LogP contribution in [0.15, 0.2) is 0 Å². The van der Waals surface area contributed by atoms with Crippen LogP contribution in [-0.4, -0.2) is 62.3 Å². The molecule has 0 radical (unpaired) electrons. The molecule has 1 fully saturated rings. The summed E-state index contributed by atoms with van der Waals surface area (Å²) in [5, 5.41) is 45.6. The topological polar surface area (TPSA) is 110 Å². The largest absolute Gasteiger partial charge is 0.391 e. The van der Waals surface area contributed by atoms with Gasteiger partial charge in [-0.2, -0.15) is 0 Å². The fourth-order valence-electron chi connectivity index (χ4n) is 1.29. The van der Waals surface area contributed by atoms with Gasteiger partial charge in [0.2, 0.25) is 0 Å². The standard InChI is InChI=1S/C7H14O6/c1-2(8)6-4(10)3(9)5(11)7(12)13-6/h2-12H,1H3/t2?,3-,4-,5-,6+,7+/m0/s1. The maximum Gasteiger partial charge on any atom is 0.184 e. The van der Waals surface area contributed by atoms with Gasteiger partial charge in [-0.1, -0.05) is 0 Å². The van der Waals surface area contributed by atoms with Crippen LogP contribution in [0.2, 0.25) is 0 Å². The van der Waals surface area contributed by atoms with Crippen LogP contribution in [0.25, 0.3) is 0 Å². The van der Waals surface area contributed by atoms with Crippen LogP contribution in [0.5, 0.6) is 0 Å². The SMILES string of the molecule is CC(O)[C@H]1O[C@@H](O)[C@@H](O)[C@@H](O)[C@@H]1O. The van der Waals surface area contributed by atoms with Gasteiger partial charge in [-0.25, -0.2) is 0 Å². The average Bonchev–Trinajstić information content (AvgIpc) is 2.07. The normalized spacial score (nSPS) is 48.9. The van der Waals surface area contributed by atoms with Crippen LogP contribution in [0.3, 0.4) is 0 Å². The Labute approximate surface area is 75.0 Å². The summed E-state index contributed by atoms with van der Waals surface area (Å²) in [6.45, 7) is 1.35. The van der Waals surface area contributed by atoms with E-state index in [0.717, 1.165) is 0 Å². The maximum absolute atomic E-state index is 9.29.